The van der Waals surface area contributed by atoms with E-state index in [-0.39, 0.29) is 17.4 Å². The van der Waals surface area contributed by atoms with Crippen LogP contribution in [0.1, 0.15) is 10.4 Å². The van der Waals surface area contributed by atoms with Crippen LogP contribution in [0.25, 0.3) is 10.2 Å². The number of amides is 1. The van der Waals surface area contributed by atoms with E-state index < -0.39 is 0 Å². The van der Waals surface area contributed by atoms with Crippen molar-refractivity contribution in [1.29, 1.82) is 0 Å². The number of benzene rings is 2. The quantitative estimate of drug-likeness (QED) is 0.630. The fourth-order valence-electron chi connectivity index (χ4n) is 1.78. The van der Waals surface area contributed by atoms with Gasteiger partial charge >= 0.3 is 0 Å². The van der Waals surface area contributed by atoms with Gasteiger partial charge < -0.3 is 10.2 Å². The minimum Gasteiger partial charge on any atom is -0.504 e. The van der Waals surface area contributed by atoms with Gasteiger partial charge in [0, 0.05) is 22.7 Å². The van der Waals surface area contributed by atoms with E-state index in [2.05, 4.69) is 10.3 Å². The molecule has 0 bridgehead atoms. The highest BCUT2D eigenvalue weighted by atomic mass is 35.5. The fourth-order valence-corrected chi connectivity index (χ4v) is 2.78. The Kier molecular flexibility index (Phi) is 3.40. The molecule has 0 unspecified atom stereocenters. The molecule has 5 nitrogen and oxygen atoms in total. The zero-order valence-corrected chi connectivity index (χ0v) is 12.1. The molecule has 21 heavy (non-hydrogen) atoms. The van der Waals surface area contributed by atoms with Gasteiger partial charge in [0.15, 0.2) is 16.6 Å². The van der Waals surface area contributed by atoms with Gasteiger partial charge in [0.05, 0.1) is 10.2 Å². The summed E-state index contributed by atoms with van der Waals surface area (Å²) < 4.78 is 0.664. The Bertz CT molecular complexity index is 791. The Balaban J connectivity index is 1.87. The van der Waals surface area contributed by atoms with Crippen LogP contribution in [-0.2, 0) is 0 Å². The fraction of sp³-hybridized carbons (Fsp3) is 0. The molecule has 3 aromatic rings. The number of phenols is 2. The number of nitrogens with one attached hydrogen (secondary N) is 1. The second-order valence-corrected chi connectivity index (χ2v) is 5.76. The van der Waals surface area contributed by atoms with Gasteiger partial charge in [-0.15, -0.1) is 0 Å². The molecule has 3 rings (SSSR count). The zero-order valence-electron chi connectivity index (χ0n) is 10.5. The molecule has 0 aliphatic rings. The van der Waals surface area contributed by atoms with E-state index in [0.717, 1.165) is 0 Å². The molecule has 1 heterocycles. The van der Waals surface area contributed by atoms with Gasteiger partial charge in [0.2, 0.25) is 0 Å². The SMILES string of the molecule is O=C(Nc1nc2cc(O)c(O)cc2s1)c1ccc(Cl)cc1. The molecule has 1 aromatic heterocycles. The molecule has 0 radical (unpaired) electrons. The monoisotopic (exact) mass is 320 g/mol. The lowest BCUT2D eigenvalue weighted by Crippen LogP contribution is -2.11. The zero-order chi connectivity index (χ0) is 15.0. The first-order valence-corrected chi connectivity index (χ1v) is 7.12. The number of thiazole rings is 1. The number of nitrogens with zero attached hydrogens (tertiary/aromatic N) is 1. The minimum atomic E-state index is -0.306. The highest BCUT2D eigenvalue weighted by Crippen LogP contribution is 2.34. The maximum atomic E-state index is 12.0. The number of aromatic hydroxyl groups is 2. The molecular formula is C14H9ClN2O3S. The lowest BCUT2D eigenvalue weighted by atomic mass is 10.2. The summed E-state index contributed by atoms with van der Waals surface area (Å²) in [5.74, 6) is -0.774. The molecule has 0 saturated carbocycles. The summed E-state index contributed by atoms with van der Waals surface area (Å²) in [6.07, 6.45) is 0. The third-order valence-corrected chi connectivity index (χ3v) is 4.00. The van der Waals surface area contributed by atoms with E-state index in [1.54, 1.807) is 24.3 Å². The highest BCUT2D eigenvalue weighted by Gasteiger charge is 2.12. The predicted molar refractivity (Wildman–Crippen MR) is 82.4 cm³/mol. The summed E-state index contributed by atoms with van der Waals surface area (Å²) in [6, 6.07) is 9.24. The molecule has 0 aliphatic heterocycles. The van der Waals surface area contributed by atoms with Crippen molar-refractivity contribution >= 4 is 44.2 Å². The van der Waals surface area contributed by atoms with Crippen LogP contribution in [0.4, 0.5) is 5.13 Å². The lowest BCUT2D eigenvalue weighted by molar-refractivity contribution is 0.102. The van der Waals surface area contributed by atoms with Gasteiger partial charge in [-0.25, -0.2) is 4.98 Å². The maximum absolute atomic E-state index is 12.0. The third kappa shape index (κ3) is 2.76. The first-order valence-electron chi connectivity index (χ1n) is 5.92. The number of hydrogen-bond donors (Lipinski definition) is 3. The van der Waals surface area contributed by atoms with Gasteiger partial charge in [0.25, 0.3) is 5.91 Å². The molecule has 0 atom stereocenters. The van der Waals surface area contributed by atoms with Crippen molar-refractivity contribution in [3.05, 3.63) is 47.0 Å². The highest BCUT2D eigenvalue weighted by molar-refractivity contribution is 7.22. The number of halogens is 1. The van der Waals surface area contributed by atoms with Crippen molar-refractivity contribution < 1.29 is 15.0 Å². The molecule has 106 valence electrons. The van der Waals surface area contributed by atoms with Crippen molar-refractivity contribution in [2.75, 3.05) is 5.32 Å². The van der Waals surface area contributed by atoms with E-state index in [1.807, 2.05) is 0 Å². The number of rotatable bonds is 2. The Labute approximate surface area is 128 Å². The molecule has 2 aromatic carbocycles. The molecule has 1 amide bonds. The first-order chi connectivity index (χ1) is 10.0. The summed E-state index contributed by atoms with van der Waals surface area (Å²) in [7, 11) is 0. The van der Waals surface area contributed by atoms with E-state index in [1.165, 1.54) is 23.5 Å². The van der Waals surface area contributed by atoms with E-state index >= 15 is 0 Å². The molecule has 7 heteroatoms. The van der Waals surface area contributed by atoms with Crippen molar-refractivity contribution in [3.63, 3.8) is 0 Å². The van der Waals surface area contributed by atoms with Crippen molar-refractivity contribution in [3.8, 4) is 11.5 Å². The Hall–Kier alpha value is -2.31. The van der Waals surface area contributed by atoms with Crippen LogP contribution in [0, 0.1) is 0 Å². The van der Waals surface area contributed by atoms with Crippen LogP contribution in [0.2, 0.25) is 5.02 Å². The lowest BCUT2D eigenvalue weighted by Gasteiger charge is -2.01. The molecule has 0 spiro atoms. The molecule has 0 fully saturated rings. The van der Waals surface area contributed by atoms with Crippen LogP contribution in [0.15, 0.2) is 36.4 Å². The summed E-state index contributed by atoms with van der Waals surface area (Å²) in [5, 5.41) is 22.5. The van der Waals surface area contributed by atoms with E-state index in [9.17, 15) is 15.0 Å². The average Bonchev–Trinajstić information content (AvgIpc) is 2.81. The number of carbonyl (C=O) groups excluding carboxylic acids is 1. The maximum Gasteiger partial charge on any atom is 0.257 e. The van der Waals surface area contributed by atoms with Gasteiger partial charge in [-0.3, -0.25) is 10.1 Å². The van der Waals surface area contributed by atoms with Crippen LogP contribution < -0.4 is 5.32 Å². The van der Waals surface area contributed by atoms with Gasteiger partial charge in [-0.1, -0.05) is 22.9 Å². The normalized spacial score (nSPS) is 10.7. The van der Waals surface area contributed by atoms with Crippen LogP contribution in [0.3, 0.4) is 0 Å². The van der Waals surface area contributed by atoms with Crippen molar-refractivity contribution in [2.24, 2.45) is 0 Å². The largest absolute Gasteiger partial charge is 0.504 e. The van der Waals surface area contributed by atoms with Gasteiger partial charge in [-0.05, 0) is 24.3 Å². The Morgan fingerprint density at radius 1 is 1.14 bits per heavy atom. The van der Waals surface area contributed by atoms with E-state index in [0.29, 0.717) is 25.9 Å². The summed E-state index contributed by atoms with van der Waals surface area (Å²) in [4.78, 5) is 16.2. The van der Waals surface area contributed by atoms with Crippen molar-refractivity contribution in [2.45, 2.75) is 0 Å². The topological polar surface area (TPSA) is 82.5 Å². The first kappa shape index (κ1) is 13.7. The average molecular weight is 321 g/mol. The smallest absolute Gasteiger partial charge is 0.257 e. The standard InChI is InChI=1S/C14H9ClN2O3S/c15-8-3-1-7(2-4-8)13(20)17-14-16-9-5-10(18)11(19)6-12(9)21-14/h1-6,18-19H,(H,16,17,20). The molecular weight excluding hydrogens is 312 g/mol. The second kappa shape index (κ2) is 5.23. The van der Waals surface area contributed by atoms with E-state index in [4.69, 9.17) is 11.6 Å². The van der Waals surface area contributed by atoms with Gasteiger partial charge in [0.1, 0.15) is 0 Å². The number of anilines is 1. The molecule has 3 N–H and O–H groups in total. The molecule has 0 aliphatic carbocycles. The van der Waals surface area contributed by atoms with Crippen LogP contribution >= 0.6 is 22.9 Å². The number of carbonyl (C=O) groups is 1. The Morgan fingerprint density at radius 3 is 2.52 bits per heavy atom. The minimum absolute atomic E-state index is 0.221. The molecule has 0 saturated heterocycles. The third-order valence-electron chi connectivity index (χ3n) is 2.81. The second-order valence-electron chi connectivity index (χ2n) is 4.29. The van der Waals surface area contributed by atoms with Gasteiger partial charge in [-0.2, -0.15) is 0 Å². The number of hydrogen-bond acceptors (Lipinski definition) is 5. The number of fused-ring (bicyclic) bond motifs is 1. The summed E-state index contributed by atoms with van der Waals surface area (Å²) >= 11 is 6.98. The van der Waals surface area contributed by atoms with Crippen LogP contribution in [0.5, 0.6) is 11.5 Å². The summed E-state index contributed by atoms with van der Waals surface area (Å²) in [6.45, 7) is 0. The predicted octanol–water partition coefficient (Wildman–Crippen LogP) is 3.61. The number of aromatic nitrogens is 1. The Morgan fingerprint density at radius 2 is 1.81 bits per heavy atom. The summed E-state index contributed by atoms with van der Waals surface area (Å²) in [5.41, 5.74) is 0.964. The number of phenolic OH excluding ortho intramolecular Hbond substituents is 2. The van der Waals surface area contributed by atoms with Crippen molar-refractivity contribution in [1.82, 2.24) is 4.98 Å². The van der Waals surface area contributed by atoms with Crippen LogP contribution in [-0.4, -0.2) is 21.1 Å².